The molecule has 30 heavy (non-hydrogen) atoms. The number of nitrogens with zero attached hydrogens (tertiary/aromatic N) is 2. The van der Waals surface area contributed by atoms with Gasteiger partial charge in [0.1, 0.15) is 5.56 Å². The Labute approximate surface area is 176 Å². The quantitative estimate of drug-likeness (QED) is 0.543. The van der Waals surface area contributed by atoms with Gasteiger partial charge in [-0.15, -0.1) is 0 Å². The Morgan fingerprint density at radius 2 is 1.73 bits per heavy atom. The van der Waals surface area contributed by atoms with E-state index in [1.807, 2.05) is 51.1 Å². The van der Waals surface area contributed by atoms with E-state index in [4.69, 9.17) is 9.47 Å². The molecule has 0 aliphatic heterocycles. The summed E-state index contributed by atoms with van der Waals surface area (Å²) in [6, 6.07) is 13.5. The molecule has 156 valence electrons. The fraction of sp³-hybridized carbons (Fsp3) is 0.292. The number of carbonyl (C=O) groups excluding carboxylic acids is 2. The second-order valence-corrected chi connectivity index (χ2v) is 7.36. The molecule has 0 unspecified atom stereocenters. The van der Waals surface area contributed by atoms with Gasteiger partial charge in [0.25, 0.3) is 0 Å². The molecule has 1 heterocycles. The highest BCUT2D eigenvalue weighted by atomic mass is 16.5. The van der Waals surface area contributed by atoms with Crippen molar-refractivity contribution in [1.82, 2.24) is 9.78 Å². The molecule has 1 aromatic heterocycles. The molecular weight excluding hydrogens is 380 g/mol. The van der Waals surface area contributed by atoms with Crippen LogP contribution < -0.4 is 0 Å². The lowest BCUT2D eigenvalue weighted by atomic mass is 10.00. The molecule has 0 fully saturated rings. The molecule has 6 nitrogen and oxygen atoms in total. The predicted molar refractivity (Wildman–Crippen MR) is 115 cm³/mol. The van der Waals surface area contributed by atoms with E-state index in [2.05, 4.69) is 5.10 Å². The first kappa shape index (κ1) is 21.3. The first-order chi connectivity index (χ1) is 14.3. The molecule has 0 saturated heterocycles. The zero-order chi connectivity index (χ0) is 21.8. The van der Waals surface area contributed by atoms with Gasteiger partial charge in [-0.1, -0.05) is 43.7 Å². The average Bonchev–Trinajstić information content (AvgIpc) is 3.19. The summed E-state index contributed by atoms with van der Waals surface area (Å²) in [5.74, 6) is -0.832. The van der Waals surface area contributed by atoms with Crippen molar-refractivity contribution in [2.75, 3.05) is 13.7 Å². The highest BCUT2D eigenvalue weighted by Gasteiger charge is 2.23. The Morgan fingerprint density at radius 1 is 1.03 bits per heavy atom. The number of rotatable bonds is 6. The van der Waals surface area contributed by atoms with E-state index in [1.165, 1.54) is 13.3 Å². The third-order valence-electron chi connectivity index (χ3n) is 4.82. The summed E-state index contributed by atoms with van der Waals surface area (Å²) in [7, 11) is 1.35. The Bertz CT molecular complexity index is 1070. The Hall–Kier alpha value is -3.41. The van der Waals surface area contributed by atoms with Crippen molar-refractivity contribution in [3.8, 4) is 16.8 Å². The fourth-order valence-electron chi connectivity index (χ4n) is 3.37. The van der Waals surface area contributed by atoms with Gasteiger partial charge in [-0.3, -0.25) is 0 Å². The van der Waals surface area contributed by atoms with Crippen molar-refractivity contribution in [3.63, 3.8) is 0 Å². The third-order valence-corrected chi connectivity index (χ3v) is 4.82. The molecule has 0 radical (unpaired) electrons. The normalized spacial score (nSPS) is 10.9. The predicted octanol–water partition coefficient (Wildman–Crippen LogP) is 4.93. The minimum atomic E-state index is -0.436. The summed E-state index contributed by atoms with van der Waals surface area (Å²) < 4.78 is 11.8. The molecule has 3 rings (SSSR count). The van der Waals surface area contributed by atoms with E-state index < -0.39 is 11.9 Å². The minimum absolute atomic E-state index is 0.0107. The number of ether oxygens (including phenoxy) is 2. The molecule has 0 aliphatic rings. The molecule has 0 N–H and O–H groups in total. The fourth-order valence-corrected chi connectivity index (χ4v) is 3.37. The van der Waals surface area contributed by atoms with E-state index >= 15 is 0 Å². The highest BCUT2D eigenvalue weighted by Crippen LogP contribution is 2.29. The Balaban J connectivity index is 2.20. The molecule has 0 saturated carbocycles. The van der Waals surface area contributed by atoms with Crippen molar-refractivity contribution in [2.45, 2.75) is 33.6 Å². The summed E-state index contributed by atoms with van der Waals surface area (Å²) in [6.45, 7) is 8.06. The van der Waals surface area contributed by atoms with Crippen LogP contribution in [0.4, 0.5) is 0 Å². The van der Waals surface area contributed by atoms with Crippen molar-refractivity contribution in [3.05, 3.63) is 71.0 Å². The summed E-state index contributed by atoms with van der Waals surface area (Å²) in [4.78, 5) is 24.7. The monoisotopic (exact) mass is 406 g/mol. The first-order valence-corrected chi connectivity index (χ1v) is 9.91. The lowest BCUT2D eigenvalue weighted by Gasteiger charge is -2.15. The van der Waals surface area contributed by atoms with Crippen LogP contribution in [-0.4, -0.2) is 35.4 Å². The number of aryl methyl sites for hydroxylation is 1. The van der Waals surface area contributed by atoms with Crippen LogP contribution in [0.3, 0.4) is 0 Å². The lowest BCUT2D eigenvalue weighted by Crippen LogP contribution is -2.12. The number of hydrogen-bond acceptors (Lipinski definition) is 5. The number of methoxy groups -OCH3 is 1. The van der Waals surface area contributed by atoms with Crippen LogP contribution in [0, 0.1) is 6.92 Å². The maximum atomic E-state index is 12.4. The Morgan fingerprint density at radius 3 is 2.33 bits per heavy atom. The summed E-state index contributed by atoms with van der Waals surface area (Å²) in [6.07, 6.45) is 1.52. The average molecular weight is 406 g/mol. The summed E-state index contributed by atoms with van der Waals surface area (Å²) >= 11 is 0. The number of hydrogen-bond donors (Lipinski definition) is 0. The maximum absolute atomic E-state index is 12.4. The SMILES string of the molecule is CCOC(=O)c1cnn(-c2cc(C(=O)OC)cc(-c3ccc(C)cc3)c2)c1C(C)C. The third kappa shape index (κ3) is 4.27. The van der Waals surface area contributed by atoms with Crippen LogP contribution in [0.5, 0.6) is 0 Å². The number of aromatic nitrogens is 2. The van der Waals surface area contributed by atoms with E-state index in [1.54, 1.807) is 23.7 Å². The van der Waals surface area contributed by atoms with E-state index in [9.17, 15) is 9.59 Å². The molecule has 6 heteroatoms. The van der Waals surface area contributed by atoms with Crippen molar-refractivity contribution in [1.29, 1.82) is 0 Å². The smallest absolute Gasteiger partial charge is 0.341 e. The maximum Gasteiger partial charge on any atom is 0.341 e. The van der Waals surface area contributed by atoms with Gasteiger partial charge in [0.15, 0.2) is 0 Å². The zero-order valence-electron chi connectivity index (χ0n) is 17.9. The van der Waals surface area contributed by atoms with Crippen molar-refractivity contribution in [2.24, 2.45) is 0 Å². The number of benzene rings is 2. The standard InChI is InChI=1S/C24H26N2O4/c1-6-30-24(28)21-14-25-26(22(21)15(2)3)20-12-18(11-19(13-20)23(27)29-5)17-9-7-16(4)8-10-17/h7-15H,6H2,1-5H3. The van der Waals surface area contributed by atoms with Gasteiger partial charge in [-0.25, -0.2) is 14.3 Å². The van der Waals surface area contributed by atoms with E-state index in [0.717, 1.165) is 22.4 Å². The van der Waals surface area contributed by atoms with Crippen LogP contribution in [0.2, 0.25) is 0 Å². The number of esters is 2. The first-order valence-electron chi connectivity index (χ1n) is 9.91. The molecule has 0 atom stereocenters. The topological polar surface area (TPSA) is 70.4 Å². The Kier molecular flexibility index (Phi) is 6.35. The van der Waals surface area contributed by atoms with Gasteiger partial charge in [-0.2, -0.15) is 5.10 Å². The second-order valence-electron chi connectivity index (χ2n) is 7.36. The van der Waals surface area contributed by atoms with Crippen LogP contribution in [-0.2, 0) is 9.47 Å². The molecule has 3 aromatic rings. The number of carbonyl (C=O) groups is 2. The van der Waals surface area contributed by atoms with Gasteiger partial charge in [0.2, 0.25) is 0 Å². The van der Waals surface area contributed by atoms with Gasteiger partial charge in [0, 0.05) is 0 Å². The molecule has 0 amide bonds. The van der Waals surface area contributed by atoms with Crippen molar-refractivity contribution < 1.29 is 19.1 Å². The molecule has 0 spiro atoms. The van der Waals surface area contributed by atoms with Crippen molar-refractivity contribution >= 4 is 11.9 Å². The zero-order valence-corrected chi connectivity index (χ0v) is 17.9. The highest BCUT2D eigenvalue weighted by molar-refractivity contribution is 5.93. The van der Waals surface area contributed by atoms with Gasteiger partial charge in [-0.05, 0) is 49.1 Å². The van der Waals surface area contributed by atoms with Gasteiger partial charge in [0.05, 0.1) is 36.9 Å². The molecule has 2 aromatic carbocycles. The van der Waals surface area contributed by atoms with Gasteiger partial charge >= 0.3 is 11.9 Å². The molecule has 0 aliphatic carbocycles. The van der Waals surface area contributed by atoms with Crippen LogP contribution in [0.25, 0.3) is 16.8 Å². The van der Waals surface area contributed by atoms with Crippen LogP contribution >= 0.6 is 0 Å². The molecule has 0 bridgehead atoms. The van der Waals surface area contributed by atoms with Gasteiger partial charge < -0.3 is 9.47 Å². The molecular formula is C24H26N2O4. The summed E-state index contributed by atoms with van der Waals surface area (Å²) in [5.41, 5.74) is 5.21. The van der Waals surface area contributed by atoms with Crippen LogP contribution in [0.1, 0.15) is 58.7 Å². The second kappa shape index (κ2) is 8.95. The largest absolute Gasteiger partial charge is 0.465 e. The van der Waals surface area contributed by atoms with Crippen LogP contribution in [0.15, 0.2) is 48.7 Å². The lowest BCUT2D eigenvalue weighted by molar-refractivity contribution is 0.0523. The van der Waals surface area contributed by atoms with E-state index in [0.29, 0.717) is 16.8 Å². The minimum Gasteiger partial charge on any atom is -0.465 e. The summed E-state index contributed by atoms with van der Waals surface area (Å²) in [5, 5.41) is 4.45. The van der Waals surface area contributed by atoms with E-state index in [-0.39, 0.29) is 12.5 Å².